The molecule has 0 atom stereocenters. The van der Waals surface area contributed by atoms with Crippen molar-refractivity contribution in [2.45, 2.75) is 17.7 Å². The van der Waals surface area contributed by atoms with Crippen LogP contribution in [-0.2, 0) is 4.79 Å². The van der Waals surface area contributed by atoms with E-state index in [0.717, 1.165) is 30.8 Å². The zero-order valence-corrected chi connectivity index (χ0v) is 15.8. The molecule has 0 bridgehead atoms. The molecule has 0 aromatic heterocycles. The fourth-order valence-corrected chi connectivity index (χ4v) is 4.45. The molecule has 27 heavy (non-hydrogen) atoms. The molecule has 1 fully saturated rings. The minimum Gasteiger partial charge on any atom is -0.339 e. The standard InChI is InChI=1S/C21H19FN2O2S/c1-23-17-12-15(20(25)24-10-4-5-11-24)8-9-18(17)27-19(21(23)26)13-14-6-2-3-7-16(14)22/h2-3,6-9,12-13H,4-5,10-11H2,1H3/b19-13-. The Bertz CT molecular complexity index is 951. The minimum absolute atomic E-state index is 0.00819. The number of nitrogens with zero attached hydrogens (tertiary/aromatic N) is 2. The van der Waals surface area contributed by atoms with E-state index in [1.54, 1.807) is 43.5 Å². The Balaban J connectivity index is 1.66. The SMILES string of the molecule is CN1C(=O)/C(=C/c2ccccc2F)Sc2ccc(C(=O)N3CCCC3)cc21. The van der Waals surface area contributed by atoms with Crippen molar-refractivity contribution in [2.24, 2.45) is 0 Å². The van der Waals surface area contributed by atoms with Gasteiger partial charge in [-0.1, -0.05) is 30.0 Å². The number of hydrogen-bond donors (Lipinski definition) is 0. The first-order valence-corrected chi connectivity index (χ1v) is 9.72. The number of likely N-dealkylation sites (tertiary alicyclic amines) is 1. The lowest BCUT2D eigenvalue weighted by Gasteiger charge is -2.28. The molecule has 0 unspecified atom stereocenters. The van der Waals surface area contributed by atoms with Gasteiger partial charge in [0.1, 0.15) is 5.82 Å². The van der Waals surface area contributed by atoms with E-state index in [4.69, 9.17) is 0 Å². The van der Waals surface area contributed by atoms with Crippen LogP contribution in [0.2, 0.25) is 0 Å². The third-order valence-electron chi connectivity index (χ3n) is 4.89. The molecule has 4 rings (SSSR count). The van der Waals surface area contributed by atoms with Crippen LogP contribution in [-0.4, -0.2) is 36.9 Å². The summed E-state index contributed by atoms with van der Waals surface area (Å²) in [5, 5.41) is 0. The number of thioether (sulfide) groups is 1. The predicted molar refractivity (Wildman–Crippen MR) is 105 cm³/mol. The maximum Gasteiger partial charge on any atom is 0.264 e. The van der Waals surface area contributed by atoms with E-state index in [2.05, 4.69) is 0 Å². The maximum atomic E-state index is 13.9. The lowest BCUT2D eigenvalue weighted by molar-refractivity contribution is -0.114. The molecule has 2 aliphatic heterocycles. The second kappa shape index (κ2) is 7.19. The van der Waals surface area contributed by atoms with Gasteiger partial charge in [0.05, 0.1) is 10.6 Å². The molecular formula is C21H19FN2O2S. The highest BCUT2D eigenvalue weighted by molar-refractivity contribution is 8.04. The number of benzene rings is 2. The van der Waals surface area contributed by atoms with Gasteiger partial charge in [0, 0.05) is 36.2 Å². The zero-order valence-electron chi connectivity index (χ0n) is 14.9. The molecule has 2 aromatic carbocycles. The third kappa shape index (κ3) is 3.37. The van der Waals surface area contributed by atoms with Gasteiger partial charge in [0.25, 0.3) is 11.8 Å². The van der Waals surface area contributed by atoms with Gasteiger partial charge in [-0.25, -0.2) is 4.39 Å². The summed E-state index contributed by atoms with van der Waals surface area (Å²) in [5.74, 6) is -0.561. The van der Waals surface area contributed by atoms with Gasteiger partial charge in [-0.15, -0.1) is 0 Å². The zero-order chi connectivity index (χ0) is 19.0. The monoisotopic (exact) mass is 382 g/mol. The molecule has 1 saturated heterocycles. The summed E-state index contributed by atoms with van der Waals surface area (Å²) in [7, 11) is 1.68. The summed E-state index contributed by atoms with van der Waals surface area (Å²) in [5.41, 5.74) is 1.68. The Labute approximate surface area is 161 Å². The molecule has 2 aliphatic rings. The lowest BCUT2D eigenvalue weighted by atomic mass is 10.1. The summed E-state index contributed by atoms with van der Waals surface area (Å²) in [6, 6.07) is 11.8. The topological polar surface area (TPSA) is 40.6 Å². The molecule has 2 heterocycles. The van der Waals surface area contributed by atoms with E-state index < -0.39 is 0 Å². The Kier molecular flexibility index (Phi) is 4.74. The molecule has 0 spiro atoms. The van der Waals surface area contributed by atoms with Crippen LogP contribution < -0.4 is 4.90 Å². The van der Waals surface area contributed by atoms with E-state index in [9.17, 15) is 14.0 Å². The number of carbonyl (C=O) groups excluding carboxylic acids is 2. The molecule has 0 saturated carbocycles. The highest BCUT2D eigenvalue weighted by Crippen LogP contribution is 2.42. The smallest absolute Gasteiger partial charge is 0.264 e. The van der Waals surface area contributed by atoms with Crippen molar-refractivity contribution in [3.8, 4) is 0 Å². The van der Waals surface area contributed by atoms with Crippen LogP contribution in [0.25, 0.3) is 6.08 Å². The van der Waals surface area contributed by atoms with Crippen molar-refractivity contribution >= 4 is 35.3 Å². The Morgan fingerprint density at radius 3 is 2.63 bits per heavy atom. The number of rotatable bonds is 2. The van der Waals surface area contributed by atoms with Crippen LogP contribution in [0.3, 0.4) is 0 Å². The van der Waals surface area contributed by atoms with E-state index in [-0.39, 0.29) is 17.6 Å². The van der Waals surface area contributed by atoms with Crippen LogP contribution in [0, 0.1) is 5.82 Å². The number of fused-ring (bicyclic) bond motifs is 1. The van der Waals surface area contributed by atoms with E-state index in [1.807, 2.05) is 11.0 Å². The van der Waals surface area contributed by atoms with E-state index in [0.29, 0.717) is 21.7 Å². The van der Waals surface area contributed by atoms with E-state index >= 15 is 0 Å². The minimum atomic E-state index is -0.363. The maximum absolute atomic E-state index is 13.9. The predicted octanol–water partition coefficient (Wildman–Crippen LogP) is 4.17. The molecule has 2 amide bonds. The number of anilines is 1. The molecule has 4 nitrogen and oxygen atoms in total. The quantitative estimate of drug-likeness (QED) is 0.732. The van der Waals surface area contributed by atoms with Gasteiger partial charge in [-0.2, -0.15) is 0 Å². The molecule has 0 radical (unpaired) electrons. The van der Waals surface area contributed by atoms with Crippen molar-refractivity contribution < 1.29 is 14.0 Å². The summed E-state index contributed by atoms with van der Waals surface area (Å²) >= 11 is 1.30. The van der Waals surface area contributed by atoms with Crippen molar-refractivity contribution in [1.29, 1.82) is 0 Å². The number of carbonyl (C=O) groups is 2. The summed E-state index contributed by atoms with van der Waals surface area (Å²) < 4.78 is 13.9. The number of likely N-dealkylation sites (N-methyl/N-ethyl adjacent to an activating group) is 1. The molecular weight excluding hydrogens is 363 g/mol. The second-order valence-corrected chi connectivity index (χ2v) is 7.76. The van der Waals surface area contributed by atoms with Crippen molar-refractivity contribution in [1.82, 2.24) is 4.90 Å². The Hall–Kier alpha value is -2.60. The highest BCUT2D eigenvalue weighted by Gasteiger charge is 2.28. The van der Waals surface area contributed by atoms with Gasteiger partial charge in [0.2, 0.25) is 0 Å². The third-order valence-corrected chi connectivity index (χ3v) is 5.97. The van der Waals surface area contributed by atoms with Crippen molar-refractivity contribution in [3.05, 3.63) is 64.3 Å². The van der Waals surface area contributed by atoms with Crippen molar-refractivity contribution in [3.63, 3.8) is 0 Å². The van der Waals surface area contributed by atoms with Crippen LogP contribution in [0.1, 0.15) is 28.8 Å². The van der Waals surface area contributed by atoms with Crippen LogP contribution in [0.4, 0.5) is 10.1 Å². The van der Waals surface area contributed by atoms with Gasteiger partial charge in [-0.3, -0.25) is 9.59 Å². The largest absolute Gasteiger partial charge is 0.339 e. The Morgan fingerprint density at radius 2 is 1.89 bits per heavy atom. The molecule has 138 valence electrons. The number of halogens is 1. The van der Waals surface area contributed by atoms with Crippen molar-refractivity contribution in [2.75, 3.05) is 25.0 Å². The lowest BCUT2D eigenvalue weighted by Crippen LogP contribution is -2.31. The van der Waals surface area contributed by atoms with Gasteiger partial charge >= 0.3 is 0 Å². The van der Waals surface area contributed by atoms with Gasteiger partial charge < -0.3 is 9.80 Å². The number of hydrogen-bond acceptors (Lipinski definition) is 3. The fraction of sp³-hybridized carbons (Fsp3) is 0.238. The molecule has 6 heteroatoms. The summed E-state index contributed by atoms with van der Waals surface area (Å²) in [6.45, 7) is 1.57. The van der Waals surface area contributed by atoms with Gasteiger partial charge in [-0.05, 0) is 43.2 Å². The van der Waals surface area contributed by atoms with Crippen LogP contribution in [0.15, 0.2) is 52.3 Å². The average molecular weight is 382 g/mol. The molecule has 2 aromatic rings. The second-order valence-electron chi connectivity index (χ2n) is 6.68. The number of amides is 2. The average Bonchev–Trinajstić information content (AvgIpc) is 3.21. The van der Waals surface area contributed by atoms with Gasteiger partial charge in [0.15, 0.2) is 0 Å². The normalized spacial score (nSPS) is 18.1. The summed E-state index contributed by atoms with van der Waals surface area (Å²) in [6.07, 6.45) is 3.65. The van der Waals surface area contributed by atoms with Crippen LogP contribution in [0.5, 0.6) is 0 Å². The fourth-order valence-electron chi connectivity index (χ4n) is 3.36. The summed E-state index contributed by atoms with van der Waals surface area (Å²) in [4.78, 5) is 30.1. The highest BCUT2D eigenvalue weighted by atomic mass is 32.2. The Morgan fingerprint density at radius 1 is 1.15 bits per heavy atom. The van der Waals surface area contributed by atoms with Crippen LogP contribution >= 0.6 is 11.8 Å². The van der Waals surface area contributed by atoms with E-state index in [1.165, 1.54) is 22.7 Å². The molecule has 0 aliphatic carbocycles. The molecule has 0 N–H and O–H groups in total. The first-order valence-electron chi connectivity index (χ1n) is 8.90. The first kappa shape index (κ1) is 17.8. The first-order chi connectivity index (χ1) is 13.0.